The lowest BCUT2D eigenvalue weighted by Crippen LogP contribution is -2.42. The highest BCUT2D eigenvalue weighted by Crippen LogP contribution is 2.36. The number of nitrogens with zero attached hydrogens (tertiary/aromatic N) is 8. The molecule has 2 aromatic carbocycles. The highest BCUT2D eigenvalue weighted by molar-refractivity contribution is 6.42. The van der Waals surface area contributed by atoms with Crippen LogP contribution in [0.1, 0.15) is 90.4 Å². The average Bonchev–Trinajstić information content (AvgIpc) is 3.28. The first-order valence-corrected chi connectivity index (χ1v) is 22.7. The number of aromatic nitrogens is 6. The Morgan fingerprint density at radius 1 is 0.621 bits per heavy atom. The summed E-state index contributed by atoms with van der Waals surface area (Å²) in [4.78, 5) is 54.8. The van der Waals surface area contributed by atoms with Gasteiger partial charge in [-0.05, 0) is 104 Å². The summed E-state index contributed by atoms with van der Waals surface area (Å²) in [6.45, 7) is 13.4. The molecule has 2 aliphatic heterocycles. The number of likely N-dealkylation sites (tertiary alicyclic amines) is 2. The number of hydrogen-bond donors (Lipinski definition) is 2. The largest absolute Gasteiger partial charge is 0.444 e. The summed E-state index contributed by atoms with van der Waals surface area (Å²) >= 11 is 23.7. The van der Waals surface area contributed by atoms with Gasteiger partial charge in [0.25, 0.3) is 0 Å². The number of carbonyl (C=O) groups is 2. The van der Waals surface area contributed by atoms with Gasteiger partial charge in [0.2, 0.25) is 0 Å². The molecule has 2 aliphatic rings. The van der Waals surface area contributed by atoms with E-state index in [2.05, 4.69) is 40.5 Å². The van der Waals surface area contributed by atoms with Crippen molar-refractivity contribution in [2.45, 2.75) is 90.3 Å². The van der Waals surface area contributed by atoms with Crippen LogP contribution >= 0.6 is 46.4 Å². The predicted octanol–water partition coefficient (Wildman–Crippen LogP) is 12.7. The molecule has 0 bridgehead atoms. The maximum atomic E-state index is 14.6. The smallest absolute Gasteiger partial charge is 0.410 e. The van der Waals surface area contributed by atoms with Gasteiger partial charge in [-0.2, -0.15) is 0 Å². The van der Waals surface area contributed by atoms with Gasteiger partial charge in [0, 0.05) is 60.2 Å². The van der Waals surface area contributed by atoms with Crippen LogP contribution < -0.4 is 10.6 Å². The third kappa shape index (κ3) is 11.7. The van der Waals surface area contributed by atoms with Gasteiger partial charge in [-0.3, -0.25) is 9.97 Å². The van der Waals surface area contributed by atoms with Gasteiger partial charge >= 0.3 is 12.2 Å². The molecule has 1 unspecified atom stereocenters. The molecule has 8 rings (SSSR count). The van der Waals surface area contributed by atoms with Crippen molar-refractivity contribution in [3.63, 3.8) is 0 Å². The maximum absolute atomic E-state index is 14.6. The van der Waals surface area contributed by atoms with Crippen molar-refractivity contribution in [1.29, 1.82) is 0 Å². The molecule has 14 nitrogen and oxygen atoms in total. The van der Waals surface area contributed by atoms with Crippen LogP contribution in [0, 0.1) is 11.6 Å². The van der Waals surface area contributed by atoms with Gasteiger partial charge in [0.1, 0.15) is 35.5 Å². The lowest BCUT2D eigenvalue weighted by Gasteiger charge is -2.34. The Bertz CT molecular complexity index is 2590. The Morgan fingerprint density at radius 2 is 1.02 bits per heavy atom. The number of rotatable bonds is 6. The quantitative estimate of drug-likeness (QED) is 0.152. The molecule has 348 valence electrons. The molecule has 66 heavy (non-hydrogen) atoms. The van der Waals surface area contributed by atoms with Crippen molar-refractivity contribution < 1.29 is 27.8 Å². The van der Waals surface area contributed by atoms with Gasteiger partial charge in [0.05, 0.1) is 54.9 Å². The number of piperidine rings is 2. The number of fused-ring (bicyclic) bond motifs is 2. The van der Waals surface area contributed by atoms with Crippen LogP contribution in [0.15, 0.2) is 61.4 Å². The molecule has 2 N–H and O–H groups in total. The normalized spacial score (nSPS) is 16.7. The summed E-state index contributed by atoms with van der Waals surface area (Å²) in [7, 11) is 0. The number of benzene rings is 2. The van der Waals surface area contributed by atoms with E-state index in [1.165, 1.54) is 36.9 Å². The Balaban J connectivity index is 0.000000196. The highest BCUT2D eigenvalue weighted by atomic mass is 35.5. The van der Waals surface area contributed by atoms with Gasteiger partial charge < -0.3 is 29.9 Å². The van der Waals surface area contributed by atoms with E-state index in [1.54, 1.807) is 22.2 Å². The van der Waals surface area contributed by atoms with E-state index in [9.17, 15) is 18.4 Å². The summed E-state index contributed by atoms with van der Waals surface area (Å²) < 4.78 is 40.2. The lowest BCUT2D eigenvalue weighted by atomic mass is 9.94. The molecule has 6 heterocycles. The number of amides is 2. The second-order valence-electron chi connectivity index (χ2n) is 17.9. The van der Waals surface area contributed by atoms with Crippen molar-refractivity contribution >= 4 is 103 Å². The minimum atomic E-state index is -0.662. The molecule has 0 spiro atoms. The lowest BCUT2D eigenvalue weighted by molar-refractivity contribution is 0.0187. The van der Waals surface area contributed by atoms with Crippen LogP contribution in [-0.4, -0.2) is 89.3 Å². The molecule has 2 saturated heterocycles. The third-order valence-electron chi connectivity index (χ3n) is 10.6. The van der Waals surface area contributed by atoms with Crippen molar-refractivity contribution in [3.05, 3.63) is 105 Å². The Labute approximate surface area is 400 Å². The van der Waals surface area contributed by atoms with Crippen LogP contribution in [0.4, 0.5) is 41.4 Å². The molecule has 0 radical (unpaired) electrons. The van der Waals surface area contributed by atoms with Gasteiger partial charge in [-0.25, -0.2) is 38.3 Å². The molecule has 20 heteroatoms. The van der Waals surface area contributed by atoms with Crippen LogP contribution in [0.2, 0.25) is 20.1 Å². The predicted molar refractivity (Wildman–Crippen MR) is 254 cm³/mol. The van der Waals surface area contributed by atoms with E-state index < -0.39 is 22.8 Å². The maximum Gasteiger partial charge on any atom is 0.410 e. The SMILES string of the molecule is CC(C)(C)OC(=O)N1CCCC(c2cc3c(Nc4ccc(Cl)c(Cl)c4F)ncnc3cn2)C1.CC(C)(C)OC(=O)N1CCC[C@H](c2cc3c(Nc4ccc(Cl)c(Cl)c4F)ncnc3cn2)C1. The fourth-order valence-corrected chi connectivity index (χ4v) is 8.14. The zero-order valence-corrected chi connectivity index (χ0v) is 40.1. The van der Waals surface area contributed by atoms with E-state index in [4.69, 9.17) is 55.9 Å². The Kier molecular flexibility index (Phi) is 14.9. The minimum Gasteiger partial charge on any atom is -0.444 e. The monoisotopic (exact) mass is 982 g/mol. The zero-order valence-electron chi connectivity index (χ0n) is 37.1. The Morgan fingerprint density at radius 3 is 1.39 bits per heavy atom. The summed E-state index contributed by atoms with van der Waals surface area (Å²) in [5.74, 6) is -0.423. The number of pyridine rings is 2. The topological polar surface area (TPSA) is 160 Å². The van der Waals surface area contributed by atoms with Crippen molar-refractivity contribution in [2.75, 3.05) is 36.8 Å². The second kappa shape index (κ2) is 20.2. The first-order valence-electron chi connectivity index (χ1n) is 21.2. The number of halogens is 6. The molecule has 2 atom stereocenters. The number of nitrogens with one attached hydrogen (secondary N) is 2. The summed E-state index contributed by atoms with van der Waals surface area (Å²) in [5.41, 5.74) is 2.03. The zero-order chi connectivity index (χ0) is 47.5. The second-order valence-corrected chi connectivity index (χ2v) is 19.5. The minimum absolute atomic E-state index is 0.0328. The van der Waals surface area contributed by atoms with E-state index in [0.29, 0.717) is 59.6 Å². The van der Waals surface area contributed by atoms with Crippen LogP contribution in [-0.2, 0) is 9.47 Å². The third-order valence-corrected chi connectivity index (χ3v) is 12.2. The first-order chi connectivity index (χ1) is 31.2. The van der Waals surface area contributed by atoms with E-state index >= 15 is 0 Å². The van der Waals surface area contributed by atoms with Crippen LogP contribution in [0.3, 0.4) is 0 Å². The van der Waals surface area contributed by atoms with Crippen LogP contribution in [0.25, 0.3) is 21.8 Å². The van der Waals surface area contributed by atoms with Gasteiger partial charge in [-0.1, -0.05) is 46.4 Å². The Hall–Kier alpha value is -5.42. The van der Waals surface area contributed by atoms with Crippen LogP contribution in [0.5, 0.6) is 0 Å². The molecular formula is C46H48Cl4F2N10O4. The molecule has 0 saturated carbocycles. The van der Waals surface area contributed by atoms with E-state index in [0.717, 1.165) is 37.1 Å². The van der Waals surface area contributed by atoms with Crippen molar-refractivity contribution in [1.82, 2.24) is 39.7 Å². The van der Waals surface area contributed by atoms with E-state index in [-0.39, 0.29) is 55.5 Å². The fraction of sp³-hybridized carbons (Fsp3) is 0.391. The van der Waals surface area contributed by atoms with Gasteiger partial charge in [0.15, 0.2) is 11.6 Å². The molecule has 4 aromatic heterocycles. The van der Waals surface area contributed by atoms with Gasteiger partial charge in [-0.15, -0.1) is 0 Å². The molecule has 2 fully saturated rings. The molecule has 2 amide bonds. The number of ether oxygens (including phenoxy) is 2. The number of hydrogen-bond acceptors (Lipinski definition) is 12. The van der Waals surface area contributed by atoms with Crippen molar-refractivity contribution in [3.8, 4) is 0 Å². The van der Waals surface area contributed by atoms with Crippen molar-refractivity contribution in [2.24, 2.45) is 0 Å². The standard InChI is InChI=1S/2C23H24Cl2FN5O2/c2*1-23(2,3)33-22(32)31-8-4-5-13(11-31)17-9-14-18(10-27-17)28-12-29-21(14)30-16-7-6-15(24)19(25)20(16)26/h2*6-7,9-10,12-13H,4-5,8,11H2,1-3H3,(H,28,29,30)/t13-;/m0./s1. The summed E-state index contributed by atoms with van der Waals surface area (Å²) in [6.07, 6.45) is 8.89. The first kappa shape index (κ1) is 48.5. The average molecular weight is 985 g/mol. The highest BCUT2D eigenvalue weighted by Gasteiger charge is 2.31. The molecule has 0 aliphatic carbocycles. The fourth-order valence-electron chi connectivity index (χ4n) is 7.52. The molecule has 6 aromatic rings. The molecular weight excluding hydrogens is 936 g/mol. The summed E-state index contributed by atoms with van der Waals surface area (Å²) in [6, 6.07) is 9.80. The number of carbonyl (C=O) groups excluding carboxylic acids is 2. The number of anilines is 4. The summed E-state index contributed by atoms with van der Waals surface area (Å²) in [5, 5.41) is 7.27. The van der Waals surface area contributed by atoms with E-state index in [1.807, 2.05) is 53.7 Å².